The highest BCUT2D eigenvalue weighted by atomic mass is 16.6. The van der Waals surface area contributed by atoms with Crippen molar-refractivity contribution in [2.45, 2.75) is 26.2 Å². The van der Waals surface area contributed by atoms with Crippen molar-refractivity contribution in [2.75, 3.05) is 6.54 Å². The van der Waals surface area contributed by atoms with Gasteiger partial charge in [0.15, 0.2) is 5.75 Å². The minimum atomic E-state index is -0.727. The number of phenolic OH excluding ortho intramolecular Hbond substituents is 1. The summed E-state index contributed by atoms with van der Waals surface area (Å²) in [5.41, 5.74) is 3.57. The molecule has 0 unspecified atom stereocenters. The first-order chi connectivity index (χ1) is 13.6. The Morgan fingerprint density at radius 1 is 1.17 bits per heavy atom. The van der Waals surface area contributed by atoms with E-state index in [1.54, 1.807) is 12.1 Å². The predicted molar refractivity (Wildman–Crippen MR) is 108 cm³/mol. The Hall–Kier alpha value is -3.75. The fourth-order valence-electron chi connectivity index (χ4n) is 2.37. The molecule has 0 bridgehead atoms. The van der Waals surface area contributed by atoms with Crippen LogP contribution in [0.2, 0.25) is 0 Å². The molecule has 9 heteroatoms. The van der Waals surface area contributed by atoms with Gasteiger partial charge in [-0.15, -0.1) is 0 Å². The van der Waals surface area contributed by atoms with E-state index in [1.165, 1.54) is 12.3 Å². The van der Waals surface area contributed by atoms with Crippen LogP contribution in [0.4, 0.5) is 5.69 Å². The van der Waals surface area contributed by atoms with Gasteiger partial charge in [0.05, 0.1) is 17.7 Å². The number of phenols is 1. The van der Waals surface area contributed by atoms with Crippen molar-refractivity contribution in [3.63, 3.8) is 0 Å². The average Bonchev–Trinajstić information content (AvgIpc) is 2.66. The third-order valence-electron chi connectivity index (χ3n) is 4.02. The molecular formula is C20H22N4O5. The van der Waals surface area contributed by atoms with E-state index >= 15 is 0 Å². The van der Waals surface area contributed by atoms with Crippen molar-refractivity contribution in [3.05, 3.63) is 69.3 Å². The molecule has 29 heavy (non-hydrogen) atoms. The van der Waals surface area contributed by atoms with Crippen molar-refractivity contribution in [1.82, 2.24) is 10.7 Å². The van der Waals surface area contributed by atoms with Gasteiger partial charge in [0.2, 0.25) is 0 Å². The Bertz CT molecular complexity index is 946. The van der Waals surface area contributed by atoms with Crippen LogP contribution in [0.15, 0.2) is 47.6 Å². The number of nitro benzene ring substituents is 1. The van der Waals surface area contributed by atoms with Gasteiger partial charge in [-0.2, -0.15) is 5.10 Å². The van der Waals surface area contributed by atoms with E-state index in [1.807, 2.05) is 12.1 Å². The molecule has 0 spiro atoms. The number of benzene rings is 2. The van der Waals surface area contributed by atoms with E-state index in [9.17, 15) is 24.8 Å². The Labute approximate surface area is 167 Å². The fraction of sp³-hybridized carbons (Fsp3) is 0.250. The molecule has 2 aromatic rings. The molecule has 0 fully saturated rings. The molecular weight excluding hydrogens is 376 g/mol. The molecule has 0 radical (unpaired) electrons. The summed E-state index contributed by atoms with van der Waals surface area (Å²) in [6, 6.07) is 10.8. The number of hydrogen-bond donors (Lipinski definition) is 3. The highest BCUT2D eigenvalue weighted by Crippen LogP contribution is 2.25. The first-order valence-corrected chi connectivity index (χ1v) is 8.76. The van der Waals surface area contributed by atoms with E-state index in [2.05, 4.69) is 36.6 Å². The first-order valence-electron chi connectivity index (χ1n) is 8.76. The van der Waals surface area contributed by atoms with Crippen molar-refractivity contribution in [2.24, 2.45) is 5.10 Å². The number of hydrogen-bond acceptors (Lipinski definition) is 6. The SMILES string of the molecule is CC(C)(C)c1ccc(C(=O)NCC(=O)NN=Cc2ccc(O)c([N+](=O)[O-])c2)cc1. The number of hydrazone groups is 1. The maximum Gasteiger partial charge on any atom is 0.311 e. The monoisotopic (exact) mass is 398 g/mol. The average molecular weight is 398 g/mol. The Morgan fingerprint density at radius 3 is 2.41 bits per heavy atom. The van der Waals surface area contributed by atoms with Crippen LogP contribution in [0.25, 0.3) is 0 Å². The van der Waals surface area contributed by atoms with Gasteiger partial charge < -0.3 is 10.4 Å². The summed E-state index contributed by atoms with van der Waals surface area (Å²) in [7, 11) is 0. The third-order valence-corrected chi connectivity index (χ3v) is 4.02. The summed E-state index contributed by atoms with van der Waals surface area (Å²) in [5, 5.41) is 26.3. The van der Waals surface area contributed by atoms with Crippen LogP contribution < -0.4 is 10.7 Å². The van der Waals surface area contributed by atoms with Gasteiger partial charge >= 0.3 is 5.69 Å². The predicted octanol–water partition coefficient (Wildman–Crippen LogP) is 2.48. The molecule has 152 valence electrons. The molecule has 3 N–H and O–H groups in total. The van der Waals surface area contributed by atoms with Crippen molar-refractivity contribution in [1.29, 1.82) is 0 Å². The Kier molecular flexibility index (Phi) is 6.66. The molecule has 2 aromatic carbocycles. The maximum atomic E-state index is 12.1. The van der Waals surface area contributed by atoms with Crippen LogP contribution in [0.3, 0.4) is 0 Å². The summed E-state index contributed by atoms with van der Waals surface area (Å²) in [4.78, 5) is 34.0. The van der Waals surface area contributed by atoms with Crippen LogP contribution in [-0.2, 0) is 10.2 Å². The van der Waals surface area contributed by atoms with Crippen molar-refractivity contribution >= 4 is 23.7 Å². The molecule has 0 aromatic heterocycles. The molecule has 0 atom stereocenters. The summed E-state index contributed by atoms with van der Waals surface area (Å²) in [6.07, 6.45) is 1.19. The van der Waals surface area contributed by atoms with Crippen LogP contribution in [-0.4, -0.2) is 34.6 Å². The molecule has 0 saturated heterocycles. The molecule has 0 heterocycles. The smallest absolute Gasteiger partial charge is 0.311 e. The number of nitrogens with one attached hydrogen (secondary N) is 2. The molecule has 0 saturated carbocycles. The van der Waals surface area contributed by atoms with E-state index in [-0.39, 0.29) is 12.0 Å². The van der Waals surface area contributed by atoms with E-state index < -0.39 is 28.2 Å². The minimum absolute atomic E-state index is 0.0230. The fourth-order valence-corrected chi connectivity index (χ4v) is 2.37. The van der Waals surface area contributed by atoms with Crippen LogP contribution in [0.5, 0.6) is 5.75 Å². The highest BCUT2D eigenvalue weighted by Gasteiger charge is 2.15. The van der Waals surface area contributed by atoms with Gasteiger partial charge in [-0.1, -0.05) is 32.9 Å². The number of carbonyl (C=O) groups is 2. The highest BCUT2D eigenvalue weighted by molar-refractivity contribution is 5.96. The summed E-state index contributed by atoms with van der Waals surface area (Å²) in [6.45, 7) is 5.93. The van der Waals surface area contributed by atoms with Crippen molar-refractivity contribution < 1.29 is 19.6 Å². The van der Waals surface area contributed by atoms with Gasteiger partial charge in [-0.25, -0.2) is 5.43 Å². The van der Waals surface area contributed by atoms with Crippen molar-refractivity contribution in [3.8, 4) is 5.75 Å². The minimum Gasteiger partial charge on any atom is -0.502 e. The van der Waals surface area contributed by atoms with Crippen LogP contribution >= 0.6 is 0 Å². The Balaban J connectivity index is 1.87. The summed E-state index contributed by atoms with van der Waals surface area (Å²) >= 11 is 0. The second-order valence-corrected chi connectivity index (χ2v) is 7.31. The molecule has 2 amide bonds. The van der Waals surface area contributed by atoms with E-state index in [4.69, 9.17) is 0 Å². The first kappa shape index (κ1) is 21.5. The molecule has 9 nitrogen and oxygen atoms in total. The zero-order valence-electron chi connectivity index (χ0n) is 16.3. The van der Waals surface area contributed by atoms with Crippen LogP contribution in [0, 0.1) is 10.1 Å². The van der Waals surface area contributed by atoms with Gasteiger partial charge in [-0.05, 0) is 35.2 Å². The second kappa shape index (κ2) is 8.96. The largest absolute Gasteiger partial charge is 0.502 e. The lowest BCUT2D eigenvalue weighted by Crippen LogP contribution is -2.34. The summed E-state index contributed by atoms with van der Waals surface area (Å²) in [5.74, 6) is -1.41. The lowest BCUT2D eigenvalue weighted by atomic mass is 9.87. The second-order valence-electron chi connectivity index (χ2n) is 7.31. The lowest BCUT2D eigenvalue weighted by molar-refractivity contribution is -0.385. The Morgan fingerprint density at radius 2 is 1.83 bits per heavy atom. The quantitative estimate of drug-likeness (QED) is 0.390. The van der Waals surface area contributed by atoms with Gasteiger partial charge in [0, 0.05) is 17.2 Å². The zero-order valence-corrected chi connectivity index (χ0v) is 16.3. The van der Waals surface area contributed by atoms with E-state index in [0.29, 0.717) is 11.1 Å². The standard InChI is InChI=1S/C20H22N4O5/c1-20(2,3)15-7-5-14(6-8-15)19(27)21-12-18(26)23-22-11-13-4-9-17(25)16(10-13)24(28)29/h4-11,25H,12H2,1-3H3,(H,21,27)(H,23,26). The molecule has 2 rings (SSSR count). The normalized spacial score (nSPS) is 11.3. The molecule has 0 aliphatic rings. The van der Waals surface area contributed by atoms with Crippen LogP contribution in [0.1, 0.15) is 42.3 Å². The number of rotatable bonds is 6. The number of aromatic hydroxyl groups is 1. The number of carbonyl (C=O) groups excluding carboxylic acids is 2. The lowest BCUT2D eigenvalue weighted by Gasteiger charge is -2.19. The topological polar surface area (TPSA) is 134 Å². The number of amides is 2. The third kappa shape index (κ3) is 6.13. The maximum absolute atomic E-state index is 12.1. The molecule has 0 aliphatic heterocycles. The molecule has 0 aliphatic carbocycles. The van der Waals surface area contributed by atoms with Gasteiger partial charge in [-0.3, -0.25) is 19.7 Å². The number of nitrogens with zero attached hydrogens (tertiary/aromatic N) is 2. The van der Waals surface area contributed by atoms with Gasteiger partial charge in [0.25, 0.3) is 11.8 Å². The number of nitro groups is 1. The zero-order chi connectivity index (χ0) is 21.6. The van der Waals surface area contributed by atoms with Gasteiger partial charge in [0.1, 0.15) is 0 Å². The van der Waals surface area contributed by atoms with E-state index in [0.717, 1.165) is 17.7 Å². The summed E-state index contributed by atoms with van der Waals surface area (Å²) < 4.78 is 0.